The van der Waals surface area contributed by atoms with Crippen LogP contribution < -0.4 is 0 Å². The number of aliphatic hydroxyl groups excluding tert-OH is 1. The second kappa shape index (κ2) is 4.80. The summed E-state index contributed by atoms with van der Waals surface area (Å²) in [5, 5.41) is 9.95. The van der Waals surface area contributed by atoms with Crippen LogP contribution in [0.5, 0.6) is 0 Å². The van der Waals surface area contributed by atoms with Crippen molar-refractivity contribution in [3.63, 3.8) is 0 Å². The Balaban J connectivity index is 2.17. The largest absolute Gasteiger partial charge is 0.469 e. The Labute approximate surface area is 101 Å². The molecule has 16 heavy (non-hydrogen) atoms. The summed E-state index contributed by atoms with van der Waals surface area (Å²) >= 11 is 3.22. The minimum Gasteiger partial charge on any atom is -0.469 e. The van der Waals surface area contributed by atoms with Gasteiger partial charge in [-0.1, -0.05) is 22.0 Å². The van der Waals surface area contributed by atoms with Crippen molar-refractivity contribution in [2.24, 2.45) is 0 Å². The lowest BCUT2D eigenvalue weighted by molar-refractivity contribution is 0.169. The highest BCUT2D eigenvalue weighted by molar-refractivity contribution is 9.10. The summed E-state index contributed by atoms with van der Waals surface area (Å²) in [4.78, 5) is 0. The molecule has 0 aliphatic rings. The highest BCUT2D eigenvalue weighted by atomic mass is 79.9. The minimum atomic E-state index is -0.707. The van der Waals surface area contributed by atoms with Crippen LogP contribution in [0.25, 0.3) is 0 Å². The van der Waals surface area contributed by atoms with E-state index >= 15 is 0 Å². The monoisotopic (exact) mass is 284 g/mol. The molecule has 4 heteroatoms. The van der Waals surface area contributed by atoms with Crippen LogP contribution in [0.1, 0.15) is 17.4 Å². The third kappa shape index (κ3) is 2.51. The number of benzene rings is 1. The minimum absolute atomic E-state index is 0.333. The van der Waals surface area contributed by atoms with Gasteiger partial charge in [-0.2, -0.15) is 0 Å². The molecule has 0 aliphatic heterocycles. The zero-order valence-corrected chi connectivity index (χ0v) is 9.95. The molecule has 0 aliphatic carbocycles. The van der Waals surface area contributed by atoms with Crippen molar-refractivity contribution in [3.8, 4) is 0 Å². The molecule has 84 valence electrons. The van der Waals surface area contributed by atoms with Crippen LogP contribution >= 0.6 is 15.9 Å². The Morgan fingerprint density at radius 1 is 1.38 bits per heavy atom. The van der Waals surface area contributed by atoms with Gasteiger partial charge in [-0.25, -0.2) is 4.39 Å². The molecular formula is C12H10BrFO2. The Kier molecular flexibility index (Phi) is 3.41. The molecule has 0 bridgehead atoms. The van der Waals surface area contributed by atoms with E-state index in [4.69, 9.17) is 4.42 Å². The van der Waals surface area contributed by atoms with E-state index in [9.17, 15) is 9.50 Å². The molecule has 2 aromatic rings. The average Bonchev–Trinajstić information content (AvgIpc) is 2.70. The molecule has 2 rings (SSSR count). The fraction of sp³-hybridized carbons (Fsp3) is 0.167. The van der Waals surface area contributed by atoms with Gasteiger partial charge in [0.15, 0.2) is 0 Å². The first-order valence-corrected chi connectivity index (χ1v) is 5.61. The van der Waals surface area contributed by atoms with Crippen LogP contribution in [0.15, 0.2) is 45.5 Å². The fourth-order valence-electron chi connectivity index (χ4n) is 1.50. The molecule has 0 fully saturated rings. The van der Waals surface area contributed by atoms with Gasteiger partial charge in [0, 0.05) is 10.9 Å². The van der Waals surface area contributed by atoms with E-state index in [-0.39, 0.29) is 5.82 Å². The summed E-state index contributed by atoms with van der Waals surface area (Å²) in [6.45, 7) is 0. The van der Waals surface area contributed by atoms with Crippen LogP contribution in [0.3, 0.4) is 0 Å². The van der Waals surface area contributed by atoms with Gasteiger partial charge < -0.3 is 9.52 Å². The molecular weight excluding hydrogens is 275 g/mol. The molecule has 0 saturated heterocycles. The van der Waals surface area contributed by atoms with Crippen molar-refractivity contribution in [2.75, 3.05) is 0 Å². The first kappa shape index (κ1) is 11.4. The van der Waals surface area contributed by atoms with Crippen molar-refractivity contribution >= 4 is 15.9 Å². The molecule has 2 nitrogen and oxygen atoms in total. The maximum Gasteiger partial charge on any atom is 0.124 e. The summed E-state index contributed by atoms with van der Waals surface area (Å²) in [5.74, 6) is 0.365. The van der Waals surface area contributed by atoms with Crippen molar-refractivity contribution in [2.45, 2.75) is 12.5 Å². The van der Waals surface area contributed by atoms with E-state index in [1.807, 2.05) is 0 Å². The van der Waals surface area contributed by atoms with Gasteiger partial charge >= 0.3 is 0 Å². The van der Waals surface area contributed by atoms with Crippen molar-refractivity contribution in [1.82, 2.24) is 0 Å². The van der Waals surface area contributed by atoms with E-state index in [1.54, 1.807) is 24.5 Å². The van der Waals surface area contributed by atoms with E-state index in [2.05, 4.69) is 15.9 Å². The molecule has 0 radical (unpaired) electrons. The second-order valence-corrected chi connectivity index (χ2v) is 4.32. The summed E-state index contributed by atoms with van der Waals surface area (Å²) < 4.78 is 18.6. The van der Waals surface area contributed by atoms with E-state index < -0.39 is 6.10 Å². The van der Waals surface area contributed by atoms with Crippen molar-refractivity contribution < 1.29 is 13.9 Å². The lowest BCUT2D eigenvalue weighted by Crippen LogP contribution is -2.02. The highest BCUT2D eigenvalue weighted by Gasteiger charge is 2.13. The van der Waals surface area contributed by atoms with Gasteiger partial charge in [0.05, 0.1) is 12.4 Å². The molecule has 1 unspecified atom stereocenters. The standard InChI is InChI=1S/C12H10BrFO2/c13-11-6-8(14)3-4-10(11)12(15)7-9-2-1-5-16-9/h1-6,12,15H,7H2. The van der Waals surface area contributed by atoms with Crippen LogP contribution in [-0.4, -0.2) is 5.11 Å². The van der Waals surface area contributed by atoms with Crippen molar-refractivity contribution in [1.29, 1.82) is 0 Å². The summed E-state index contributed by atoms with van der Waals surface area (Å²) in [6.07, 6.45) is 1.22. The van der Waals surface area contributed by atoms with Gasteiger partial charge in [0.2, 0.25) is 0 Å². The zero-order valence-electron chi connectivity index (χ0n) is 8.36. The summed E-state index contributed by atoms with van der Waals surface area (Å²) in [5.41, 5.74) is 0.651. The van der Waals surface area contributed by atoms with Crippen LogP contribution in [-0.2, 0) is 6.42 Å². The Morgan fingerprint density at radius 3 is 2.81 bits per heavy atom. The molecule has 1 atom stereocenters. The normalized spacial score (nSPS) is 12.7. The maximum absolute atomic E-state index is 12.9. The number of halogens is 2. The van der Waals surface area contributed by atoms with Gasteiger partial charge in [-0.15, -0.1) is 0 Å². The molecule has 1 N–H and O–H groups in total. The number of rotatable bonds is 3. The molecule has 0 spiro atoms. The fourth-order valence-corrected chi connectivity index (χ4v) is 2.12. The lowest BCUT2D eigenvalue weighted by atomic mass is 10.1. The van der Waals surface area contributed by atoms with Gasteiger partial charge in [0.25, 0.3) is 0 Å². The molecule has 1 heterocycles. The third-order valence-electron chi connectivity index (χ3n) is 2.30. The SMILES string of the molecule is OC(Cc1ccco1)c1ccc(F)cc1Br. The topological polar surface area (TPSA) is 33.4 Å². The summed E-state index contributed by atoms with van der Waals surface area (Å²) in [6, 6.07) is 7.78. The van der Waals surface area contributed by atoms with Gasteiger partial charge in [0.1, 0.15) is 11.6 Å². The Morgan fingerprint density at radius 2 is 2.19 bits per heavy atom. The molecule has 1 aromatic heterocycles. The Hall–Kier alpha value is -1.13. The second-order valence-electron chi connectivity index (χ2n) is 3.47. The molecule has 1 aromatic carbocycles. The smallest absolute Gasteiger partial charge is 0.124 e. The van der Waals surface area contributed by atoms with Crippen LogP contribution in [0, 0.1) is 5.82 Å². The predicted octanol–water partition coefficient (Wildman–Crippen LogP) is 3.46. The maximum atomic E-state index is 12.9. The number of aliphatic hydroxyl groups is 1. The third-order valence-corrected chi connectivity index (χ3v) is 2.98. The van der Waals surface area contributed by atoms with E-state index in [0.29, 0.717) is 22.2 Å². The predicted molar refractivity (Wildman–Crippen MR) is 61.5 cm³/mol. The number of hydrogen-bond acceptors (Lipinski definition) is 2. The van der Waals surface area contributed by atoms with Gasteiger partial charge in [-0.3, -0.25) is 0 Å². The number of furan rings is 1. The molecule has 0 amide bonds. The zero-order chi connectivity index (χ0) is 11.5. The highest BCUT2D eigenvalue weighted by Crippen LogP contribution is 2.26. The quantitative estimate of drug-likeness (QED) is 0.937. The van der Waals surface area contributed by atoms with Gasteiger partial charge in [-0.05, 0) is 29.8 Å². The van der Waals surface area contributed by atoms with E-state index in [1.165, 1.54) is 12.1 Å². The van der Waals surface area contributed by atoms with Crippen molar-refractivity contribution in [3.05, 3.63) is 58.2 Å². The van der Waals surface area contributed by atoms with Crippen LogP contribution in [0.2, 0.25) is 0 Å². The first-order chi connectivity index (χ1) is 7.66. The summed E-state index contributed by atoms with van der Waals surface area (Å²) in [7, 11) is 0. The molecule has 0 saturated carbocycles. The van der Waals surface area contributed by atoms with Crippen LogP contribution in [0.4, 0.5) is 4.39 Å². The average molecular weight is 285 g/mol. The lowest BCUT2D eigenvalue weighted by Gasteiger charge is -2.11. The first-order valence-electron chi connectivity index (χ1n) is 4.82. The Bertz CT molecular complexity index is 468. The van der Waals surface area contributed by atoms with E-state index in [0.717, 1.165) is 0 Å². The number of hydrogen-bond donors (Lipinski definition) is 1.